The van der Waals surface area contributed by atoms with Gasteiger partial charge in [0.05, 0.1) is 19.3 Å². The van der Waals surface area contributed by atoms with E-state index in [-0.39, 0.29) is 19.1 Å². The molecule has 0 aromatic carbocycles. The minimum atomic E-state index is -0.666. The highest BCUT2D eigenvalue weighted by Gasteiger charge is 2.24. The molecule has 3 atom stereocenters. The van der Waals surface area contributed by atoms with E-state index in [9.17, 15) is 5.11 Å². The molecular weight excluding hydrogens is 188 g/mol. The Bertz CT molecular complexity index is 135. The molecule has 3 unspecified atom stereocenters. The van der Waals surface area contributed by atoms with Crippen LogP contribution in [0, 0.1) is 5.92 Å². The molecular formula is C9H20O5. The summed E-state index contributed by atoms with van der Waals surface area (Å²) in [7, 11) is 1.45. The van der Waals surface area contributed by atoms with E-state index in [1.165, 1.54) is 7.11 Å². The van der Waals surface area contributed by atoms with Gasteiger partial charge in [0.1, 0.15) is 6.10 Å². The van der Waals surface area contributed by atoms with Crippen LogP contribution >= 0.6 is 0 Å². The van der Waals surface area contributed by atoms with Gasteiger partial charge in [0.25, 0.3) is 0 Å². The van der Waals surface area contributed by atoms with Crippen LogP contribution in [0.4, 0.5) is 0 Å². The van der Waals surface area contributed by atoms with Gasteiger partial charge in [-0.3, -0.25) is 0 Å². The lowest BCUT2D eigenvalue weighted by atomic mass is 10.1. The molecule has 0 saturated heterocycles. The van der Waals surface area contributed by atoms with E-state index >= 15 is 0 Å². The van der Waals surface area contributed by atoms with Crippen LogP contribution in [0.25, 0.3) is 0 Å². The number of aliphatic hydroxyl groups is 3. The van der Waals surface area contributed by atoms with Crippen molar-refractivity contribution in [3.63, 3.8) is 0 Å². The highest BCUT2D eigenvalue weighted by atomic mass is 16.7. The zero-order valence-electron chi connectivity index (χ0n) is 8.88. The number of aliphatic hydroxyl groups excluding tert-OH is 3. The minimum absolute atomic E-state index is 0.222. The van der Waals surface area contributed by atoms with Gasteiger partial charge in [0.15, 0.2) is 6.29 Å². The highest BCUT2D eigenvalue weighted by molar-refractivity contribution is 4.65. The quantitative estimate of drug-likeness (QED) is 0.484. The summed E-state index contributed by atoms with van der Waals surface area (Å²) < 4.78 is 10.2. The van der Waals surface area contributed by atoms with Gasteiger partial charge in [-0.05, 0) is 6.92 Å². The van der Waals surface area contributed by atoms with Crippen molar-refractivity contribution >= 4 is 0 Å². The molecule has 0 amide bonds. The first-order chi connectivity index (χ1) is 6.56. The van der Waals surface area contributed by atoms with Gasteiger partial charge in [0.2, 0.25) is 0 Å². The Kier molecular flexibility index (Phi) is 7.04. The summed E-state index contributed by atoms with van der Waals surface area (Å²) >= 11 is 0. The van der Waals surface area contributed by atoms with E-state index in [1.54, 1.807) is 13.8 Å². The van der Waals surface area contributed by atoms with Gasteiger partial charge in [-0.1, -0.05) is 6.92 Å². The third-order valence-electron chi connectivity index (χ3n) is 2.16. The molecule has 0 bridgehead atoms. The number of hydrogen-bond acceptors (Lipinski definition) is 5. The fourth-order valence-corrected chi connectivity index (χ4v) is 0.955. The van der Waals surface area contributed by atoms with Crippen LogP contribution in [-0.2, 0) is 9.47 Å². The maximum Gasteiger partial charge on any atom is 0.162 e. The van der Waals surface area contributed by atoms with Crippen molar-refractivity contribution in [1.82, 2.24) is 0 Å². The lowest BCUT2D eigenvalue weighted by molar-refractivity contribution is -0.207. The molecule has 0 fully saturated rings. The van der Waals surface area contributed by atoms with Crippen molar-refractivity contribution in [2.75, 3.05) is 20.3 Å². The molecule has 14 heavy (non-hydrogen) atoms. The van der Waals surface area contributed by atoms with Crippen molar-refractivity contribution in [2.24, 2.45) is 5.92 Å². The summed E-state index contributed by atoms with van der Waals surface area (Å²) in [5.41, 5.74) is 0. The van der Waals surface area contributed by atoms with E-state index < -0.39 is 18.5 Å². The SMILES string of the molecule is COC(OC(CO)CO)C(C)C(C)O. The predicted octanol–water partition coefficient (Wildman–Crippen LogP) is -0.654. The monoisotopic (exact) mass is 208 g/mol. The maximum atomic E-state index is 9.30. The lowest BCUT2D eigenvalue weighted by Crippen LogP contribution is -2.37. The molecule has 0 rings (SSSR count). The van der Waals surface area contributed by atoms with Crippen LogP contribution in [0.2, 0.25) is 0 Å². The molecule has 0 radical (unpaired) electrons. The Balaban J connectivity index is 4.12. The fourth-order valence-electron chi connectivity index (χ4n) is 0.955. The predicted molar refractivity (Wildman–Crippen MR) is 50.7 cm³/mol. The van der Waals surface area contributed by atoms with E-state index in [0.29, 0.717) is 0 Å². The number of methoxy groups -OCH3 is 1. The van der Waals surface area contributed by atoms with Gasteiger partial charge in [-0.15, -0.1) is 0 Å². The van der Waals surface area contributed by atoms with Crippen LogP contribution in [0.3, 0.4) is 0 Å². The van der Waals surface area contributed by atoms with Crippen molar-refractivity contribution in [3.05, 3.63) is 0 Å². The van der Waals surface area contributed by atoms with E-state index in [4.69, 9.17) is 19.7 Å². The van der Waals surface area contributed by atoms with Crippen LogP contribution < -0.4 is 0 Å². The first kappa shape index (κ1) is 13.8. The summed E-state index contributed by atoms with van der Waals surface area (Å²) in [5, 5.41) is 26.9. The second kappa shape index (κ2) is 7.14. The van der Waals surface area contributed by atoms with Gasteiger partial charge >= 0.3 is 0 Å². The van der Waals surface area contributed by atoms with Crippen molar-refractivity contribution in [1.29, 1.82) is 0 Å². The van der Waals surface area contributed by atoms with E-state index in [0.717, 1.165) is 0 Å². The van der Waals surface area contributed by atoms with Crippen LogP contribution in [-0.4, -0.2) is 54.1 Å². The molecule has 5 heteroatoms. The van der Waals surface area contributed by atoms with E-state index in [2.05, 4.69) is 0 Å². The fraction of sp³-hybridized carbons (Fsp3) is 1.00. The van der Waals surface area contributed by atoms with Crippen LogP contribution in [0.1, 0.15) is 13.8 Å². The average molecular weight is 208 g/mol. The molecule has 86 valence electrons. The molecule has 0 aromatic rings. The Hall–Kier alpha value is -0.200. The molecule has 0 aliphatic rings. The lowest BCUT2D eigenvalue weighted by Gasteiger charge is -2.27. The average Bonchev–Trinajstić information content (AvgIpc) is 2.19. The third kappa shape index (κ3) is 4.34. The van der Waals surface area contributed by atoms with Crippen molar-refractivity contribution in [3.8, 4) is 0 Å². The molecule has 5 nitrogen and oxygen atoms in total. The molecule has 3 N–H and O–H groups in total. The number of rotatable bonds is 7. The second-order valence-corrected chi connectivity index (χ2v) is 3.33. The maximum absolute atomic E-state index is 9.30. The summed E-state index contributed by atoms with van der Waals surface area (Å²) in [6, 6.07) is 0. The molecule has 0 saturated carbocycles. The van der Waals surface area contributed by atoms with Gasteiger partial charge < -0.3 is 24.8 Å². The summed E-state index contributed by atoms with van der Waals surface area (Å²) in [6.45, 7) is 2.85. The zero-order chi connectivity index (χ0) is 11.1. The highest BCUT2D eigenvalue weighted by Crippen LogP contribution is 2.14. The largest absolute Gasteiger partial charge is 0.394 e. The van der Waals surface area contributed by atoms with Gasteiger partial charge in [-0.25, -0.2) is 0 Å². The topological polar surface area (TPSA) is 79.2 Å². The first-order valence-electron chi connectivity index (χ1n) is 4.64. The molecule has 0 aliphatic carbocycles. The van der Waals surface area contributed by atoms with Crippen LogP contribution in [0.15, 0.2) is 0 Å². The molecule has 0 aliphatic heterocycles. The first-order valence-corrected chi connectivity index (χ1v) is 4.64. The van der Waals surface area contributed by atoms with Crippen molar-refractivity contribution in [2.45, 2.75) is 32.3 Å². The smallest absolute Gasteiger partial charge is 0.162 e. The number of ether oxygens (including phenoxy) is 2. The third-order valence-corrected chi connectivity index (χ3v) is 2.16. The second-order valence-electron chi connectivity index (χ2n) is 3.33. The van der Waals surface area contributed by atoms with Crippen molar-refractivity contribution < 1.29 is 24.8 Å². The Morgan fingerprint density at radius 1 is 1.14 bits per heavy atom. The Labute approximate surface area is 84.3 Å². The Morgan fingerprint density at radius 2 is 1.64 bits per heavy atom. The number of hydrogen-bond donors (Lipinski definition) is 3. The summed E-state index contributed by atoms with van der Waals surface area (Å²) in [5.74, 6) is -0.222. The normalized spacial score (nSPS) is 18.2. The van der Waals surface area contributed by atoms with Crippen LogP contribution in [0.5, 0.6) is 0 Å². The Morgan fingerprint density at radius 3 is 1.93 bits per heavy atom. The standard InChI is InChI=1S/C9H20O5/c1-6(7(2)12)9(13-3)14-8(4-10)5-11/h6-12H,4-5H2,1-3H3. The zero-order valence-corrected chi connectivity index (χ0v) is 8.88. The summed E-state index contributed by atoms with van der Waals surface area (Å²) in [4.78, 5) is 0. The van der Waals surface area contributed by atoms with E-state index in [1.807, 2.05) is 0 Å². The molecule has 0 aromatic heterocycles. The molecule has 0 spiro atoms. The summed E-state index contributed by atoms with van der Waals surface area (Å²) in [6.07, 6.45) is -1.86. The molecule has 0 heterocycles. The minimum Gasteiger partial charge on any atom is -0.394 e. The van der Waals surface area contributed by atoms with Gasteiger partial charge in [-0.2, -0.15) is 0 Å². The van der Waals surface area contributed by atoms with Gasteiger partial charge in [0, 0.05) is 13.0 Å².